The molecule has 1 aliphatic rings. The summed E-state index contributed by atoms with van der Waals surface area (Å²) in [7, 11) is 0. The number of nitrogens with zero attached hydrogens (tertiary/aromatic N) is 1. The highest BCUT2D eigenvalue weighted by Crippen LogP contribution is 2.19. The van der Waals surface area contributed by atoms with Crippen molar-refractivity contribution in [3.8, 4) is 0 Å². The number of benzene rings is 2. The van der Waals surface area contributed by atoms with Crippen LogP contribution in [-0.2, 0) is 6.42 Å². The Balaban J connectivity index is 1.59. The average molecular weight is 311 g/mol. The van der Waals surface area contributed by atoms with Crippen molar-refractivity contribution in [2.24, 2.45) is 5.73 Å². The van der Waals surface area contributed by atoms with Crippen LogP contribution in [0.1, 0.15) is 24.8 Å². The van der Waals surface area contributed by atoms with Crippen LogP contribution < -0.4 is 11.1 Å². The van der Waals surface area contributed by atoms with E-state index in [1.54, 1.807) is 0 Å². The molecule has 1 heterocycles. The molecule has 0 aromatic heterocycles. The molecule has 1 atom stereocenters. The van der Waals surface area contributed by atoms with Gasteiger partial charge in [-0.15, -0.1) is 0 Å². The van der Waals surface area contributed by atoms with E-state index in [2.05, 4.69) is 47.8 Å². The zero-order valence-corrected chi connectivity index (χ0v) is 13.5. The van der Waals surface area contributed by atoms with Gasteiger partial charge in [-0.25, -0.2) is 4.79 Å². The van der Waals surface area contributed by atoms with Gasteiger partial charge in [-0.3, -0.25) is 0 Å². The van der Waals surface area contributed by atoms with E-state index in [1.165, 1.54) is 22.8 Å². The minimum absolute atomic E-state index is 0.0281. The minimum Gasteiger partial charge on any atom is -0.338 e. The van der Waals surface area contributed by atoms with Gasteiger partial charge in [0.25, 0.3) is 0 Å². The van der Waals surface area contributed by atoms with Crippen molar-refractivity contribution in [3.05, 3.63) is 48.0 Å². The quantitative estimate of drug-likeness (QED) is 0.912. The summed E-state index contributed by atoms with van der Waals surface area (Å²) in [5.74, 6) is 0. The number of amides is 2. The third-order valence-corrected chi connectivity index (χ3v) is 4.71. The second kappa shape index (κ2) is 7.47. The van der Waals surface area contributed by atoms with E-state index in [-0.39, 0.29) is 12.1 Å². The fraction of sp³-hybridized carbons (Fsp3) is 0.421. The van der Waals surface area contributed by atoms with Crippen LogP contribution in [0.25, 0.3) is 10.8 Å². The third kappa shape index (κ3) is 3.64. The first-order chi connectivity index (χ1) is 11.3. The van der Waals surface area contributed by atoms with Gasteiger partial charge in [-0.05, 0) is 42.0 Å². The molecule has 2 amide bonds. The highest BCUT2D eigenvalue weighted by atomic mass is 16.2. The minimum atomic E-state index is 0.0281. The molecule has 2 aromatic rings. The molecular weight excluding hydrogens is 286 g/mol. The van der Waals surface area contributed by atoms with Crippen LogP contribution >= 0.6 is 0 Å². The van der Waals surface area contributed by atoms with Crippen LogP contribution in [0.15, 0.2) is 42.5 Å². The van der Waals surface area contributed by atoms with E-state index >= 15 is 0 Å². The third-order valence-electron chi connectivity index (χ3n) is 4.71. The van der Waals surface area contributed by atoms with Gasteiger partial charge in [0.05, 0.1) is 0 Å². The Hall–Kier alpha value is -2.07. The lowest BCUT2D eigenvalue weighted by Crippen LogP contribution is -2.51. The summed E-state index contributed by atoms with van der Waals surface area (Å²) >= 11 is 0. The first-order valence-corrected chi connectivity index (χ1v) is 8.51. The predicted molar refractivity (Wildman–Crippen MR) is 94.5 cm³/mol. The molecule has 1 fully saturated rings. The highest BCUT2D eigenvalue weighted by Gasteiger charge is 2.25. The van der Waals surface area contributed by atoms with Gasteiger partial charge in [-0.1, -0.05) is 42.5 Å². The molecule has 1 aliphatic heterocycles. The van der Waals surface area contributed by atoms with Crippen LogP contribution in [0, 0.1) is 0 Å². The predicted octanol–water partition coefficient (Wildman–Crippen LogP) is 2.91. The maximum absolute atomic E-state index is 12.4. The van der Waals surface area contributed by atoms with Gasteiger partial charge in [0.2, 0.25) is 0 Å². The molecule has 3 rings (SSSR count). The summed E-state index contributed by atoms with van der Waals surface area (Å²) in [5.41, 5.74) is 7.07. The fourth-order valence-corrected chi connectivity index (χ4v) is 3.43. The van der Waals surface area contributed by atoms with Crippen LogP contribution in [0.3, 0.4) is 0 Å². The Morgan fingerprint density at radius 2 is 2.00 bits per heavy atom. The van der Waals surface area contributed by atoms with Crippen molar-refractivity contribution in [2.45, 2.75) is 31.7 Å². The maximum Gasteiger partial charge on any atom is 0.317 e. The molecule has 1 saturated heterocycles. The lowest BCUT2D eigenvalue weighted by molar-refractivity contribution is 0.154. The summed E-state index contributed by atoms with van der Waals surface area (Å²) in [4.78, 5) is 14.3. The van der Waals surface area contributed by atoms with Gasteiger partial charge in [-0.2, -0.15) is 0 Å². The summed E-state index contributed by atoms with van der Waals surface area (Å²) in [6.07, 6.45) is 4.11. The summed E-state index contributed by atoms with van der Waals surface area (Å²) in [6, 6.07) is 14.9. The Kier molecular flexibility index (Phi) is 5.13. The van der Waals surface area contributed by atoms with E-state index < -0.39 is 0 Å². The van der Waals surface area contributed by atoms with Crippen molar-refractivity contribution >= 4 is 16.8 Å². The normalized spacial score (nSPS) is 18.1. The zero-order valence-electron chi connectivity index (χ0n) is 13.5. The number of carbonyl (C=O) groups excluding carboxylic acids is 1. The molecule has 122 valence electrons. The lowest BCUT2D eigenvalue weighted by atomic mass is 10.0. The zero-order chi connectivity index (χ0) is 16.1. The number of nitrogens with one attached hydrogen (secondary N) is 1. The number of urea groups is 1. The van der Waals surface area contributed by atoms with E-state index in [0.717, 1.165) is 25.8 Å². The van der Waals surface area contributed by atoms with Crippen molar-refractivity contribution < 1.29 is 4.79 Å². The van der Waals surface area contributed by atoms with E-state index in [0.29, 0.717) is 13.1 Å². The van der Waals surface area contributed by atoms with Gasteiger partial charge in [0, 0.05) is 25.7 Å². The second-order valence-corrected chi connectivity index (χ2v) is 6.20. The largest absolute Gasteiger partial charge is 0.338 e. The fourth-order valence-electron chi connectivity index (χ4n) is 3.43. The SMILES string of the molecule is NCC1CCCCN1C(=O)NCCc1cccc2ccccc12. The Bertz CT molecular complexity index is 665. The molecule has 4 heteroatoms. The number of hydrogen-bond acceptors (Lipinski definition) is 2. The van der Waals surface area contributed by atoms with Gasteiger partial charge >= 0.3 is 6.03 Å². The molecule has 1 unspecified atom stereocenters. The molecule has 0 bridgehead atoms. The molecule has 0 spiro atoms. The second-order valence-electron chi connectivity index (χ2n) is 6.20. The highest BCUT2D eigenvalue weighted by molar-refractivity contribution is 5.85. The number of likely N-dealkylation sites (tertiary alicyclic amines) is 1. The van der Waals surface area contributed by atoms with Crippen LogP contribution in [-0.4, -0.2) is 36.6 Å². The monoisotopic (exact) mass is 311 g/mol. The Labute approximate surface area is 137 Å². The number of fused-ring (bicyclic) bond motifs is 1. The standard InChI is InChI=1S/C19H25N3O/c20-14-17-9-3-4-13-22(17)19(23)21-12-11-16-8-5-7-15-6-1-2-10-18(15)16/h1-2,5-8,10,17H,3-4,9,11-14,20H2,(H,21,23). The summed E-state index contributed by atoms with van der Waals surface area (Å²) in [6.45, 7) is 2.03. The van der Waals surface area contributed by atoms with E-state index in [9.17, 15) is 4.79 Å². The number of rotatable bonds is 4. The summed E-state index contributed by atoms with van der Waals surface area (Å²) < 4.78 is 0. The number of carbonyl (C=O) groups is 1. The molecule has 0 radical (unpaired) electrons. The van der Waals surface area contributed by atoms with Crippen LogP contribution in [0.4, 0.5) is 4.79 Å². The van der Waals surface area contributed by atoms with Crippen LogP contribution in [0.2, 0.25) is 0 Å². The lowest BCUT2D eigenvalue weighted by Gasteiger charge is -2.35. The van der Waals surface area contributed by atoms with Gasteiger partial charge in [0.15, 0.2) is 0 Å². The Morgan fingerprint density at radius 1 is 1.17 bits per heavy atom. The van der Waals surface area contributed by atoms with E-state index in [1.807, 2.05) is 4.90 Å². The molecule has 4 nitrogen and oxygen atoms in total. The molecule has 3 N–H and O–H groups in total. The first-order valence-electron chi connectivity index (χ1n) is 8.51. The molecular formula is C19H25N3O. The van der Waals surface area contributed by atoms with Crippen molar-refractivity contribution in [1.29, 1.82) is 0 Å². The number of hydrogen-bond donors (Lipinski definition) is 2. The number of nitrogens with two attached hydrogens (primary N) is 1. The van der Waals surface area contributed by atoms with Gasteiger partial charge < -0.3 is 16.0 Å². The first kappa shape index (κ1) is 15.8. The molecule has 0 aliphatic carbocycles. The molecule has 23 heavy (non-hydrogen) atoms. The summed E-state index contributed by atoms with van der Waals surface area (Å²) in [5, 5.41) is 5.57. The molecule has 0 saturated carbocycles. The average Bonchev–Trinajstić information content (AvgIpc) is 2.61. The van der Waals surface area contributed by atoms with Crippen molar-refractivity contribution in [3.63, 3.8) is 0 Å². The van der Waals surface area contributed by atoms with Gasteiger partial charge in [0.1, 0.15) is 0 Å². The molecule has 2 aromatic carbocycles. The smallest absolute Gasteiger partial charge is 0.317 e. The topological polar surface area (TPSA) is 58.4 Å². The van der Waals surface area contributed by atoms with Crippen LogP contribution in [0.5, 0.6) is 0 Å². The number of piperidine rings is 1. The van der Waals surface area contributed by atoms with Crippen molar-refractivity contribution in [2.75, 3.05) is 19.6 Å². The maximum atomic E-state index is 12.4. The van der Waals surface area contributed by atoms with E-state index in [4.69, 9.17) is 5.73 Å². The Morgan fingerprint density at radius 3 is 2.87 bits per heavy atom. The van der Waals surface area contributed by atoms with Crippen molar-refractivity contribution in [1.82, 2.24) is 10.2 Å².